The molecule has 2 heterocycles. The summed E-state index contributed by atoms with van der Waals surface area (Å²) >= 11 is 0. The average molecular weight is 171 g/mol. The van der Waals surface area contributed by atoms with Crippen molar-refractivity contribution in [2.75, 3.05) is 0 Å². The molecule has 13 heavy (non-hydrogen) atoms. The molecular formula is C10H9N3. The first-order chi connectivity index (χ1) is 6.38. The van der Waals surface area contributed by atoms with Crippen LogP contribution in [0.1, 0.15) is 5.69 Å². The monoisotopic (exact) mass is 171 g/mol. The van der Waals surface area contributed by atoms with Gasteiger partial charge >= 0.3 is 0 Å². The molecule has 64 valence electrons. The summed E-state index contributed by atoms with van der Waals surface area (Å²) in [5, 5.41) is 0. The zero-order valence-electron chi connectivity index (χ0n) is 7.31. The molecule has 0 N–H and O–H groups in total. The van der Waals surface area contributed by atoms with E-state index < -0.39 is 0 Å². The summed E-state index contributed by atoms with van der Waals surface area (Å²) < 4.78 is 0. The van der Waals surface area contributed by atoms with E-state index in [9.17, 15) is 0 Å². The normalized spacial score (nSPS) is 9.92. The van der Waals surface area contributed by atoms with Gasteiger partial charge in [0.1, 0.15) is 6.33 Å². The summed E-state index contributed by atoms with van der Waals surface area (Å²) in [6.45, 7) is 1.97. The quantitative estimate of drug-likeness (QED) is 0.657. The highest BCUT2D eigenvalue weighted by molar-refractivity contribution is 5.60. The zero-order chi connectivity index (χ0) is 9.10. The maximum atomic E-state index is 4.20. The second kappa shape index (κ2) is 3.31. The fourth-order valence-corrected chi connectivity index (χ4v) is 1.20. The van der Waals surface area contributed by atoms with Crippen molar-refractivity contribution in [1.82, 2.24) is 15.0 Å². The molecule has 0 aliphatic heterocycles. The molecule has 0 atom stereocenters. The summed E-state index contributed by atoms with van der Waals surface area (Å²) in [5.41, 5.74) is 2.96. The molecule has 0 aromatic carbocycles. The number of hydrogen-bond donors (Lipinski definition) is 0. The molecule has 0 fully saturated rings. The van der Waals surface area contributed by atoms with Crippen LogP contribution in [0.25, 0.3) is 11.3 Å². The van der Waals surface area contributed by atoms with Crippen molar-refractivity contribution in [1.29, 1.82) is 0 Å². The molecule has 0 aliphatic rings. The van der Waals surface area contributed by atoms with Gasteiger partial charge in [-0.3, -0.25) is 4.98 Å². The highest BCUT2D eigenvalue weighted by Crippen LogP contribution is 2.17. The number of nitrogens with zero attached hydrogens (tertiary/aromatic N) is 3. The van der Waals surface area contributed by atoms with Crippen LogP contribution in [0.2, 0.25) is 0 Å². The van der Waals surface area contributed by atoms with Crippen molar-refractivity contribution in [2.45, 2.75) is 6.92 Å². The molecule has 2 aromatic heterocycles. The molecular weight excluding hydrogens is 162 g/mol. The third-order valence-electron chi connectivity index (χ3n) is 1.86. The number of rotatable bonds is 1. The van der Waals surface area contributed by atoms with Gasteiger partial charge < -0.3 is 0 Å². The lowest BCUT2D eigenvalue weighted by atomic mass is 10.1. The first-order valence-corrected chi connectivity index (χ1v) is 4.06. The van der Waals surface area contributed by atoms with Gasteiger partial charge in [-0.1, -0.05) is 0 Å². The largest absolute Gasteiger partial charge is 0.261 e. The van der Waals surface area contributed by atoms with Gasteiger partial charge in [0.25, 0.3) is 0 Å². The molecule has 2 rings (SSSR count). The van der Waals surface area contributed by atoms with E-state index in [1.165, 1.54) is 0 Å². The Morgan fingerprint density at radius 2 is 2.00 bits per heavy atom. The van der Waals surface area contributed by atoms with Crippen LogP contribution in [0, 0.1) is 6.92 Å². The number of pyridine rings is 1. The van der Waals surface area contributed by atoms with Crippen molar-refractivity contribution in [2.24, 2.45) is 0 Å². The van der Waals surface area contributed by atoms with Gasteiger partial charge in [0, 0.05) is 23.7 Å². The molecule has 3 heteroatoms. The molecule has 0 amide bonds. The number of aromatic nitrogens is 3. The molecule has 3 nitrogen and oxygen atoms in total. The van der Waals surface area contributed by atoms with Crippen LogP contribution in [0.3, 0.4) is 0 Å². The van der Waals surface area contributed by atoms with Crippen LogP contribution < -0.4 is 0 Å². The summed E-state index contributed by atoms with van der Waals surface area (Å²) in [7, 11) is 0. The minimum atomic E-state index is 0.917. The Bertz CT molecular complexity index is 398. The van der Waals surface area contributed by atoms with E-state index in [0.717, 1.165) is 17.0 Å². The van der Waals surface area contributed by atoms with Crippen molar-refractivity contribution < 1.29 is 0 Å². The predicted molar refractivity (Wildman–Crippen MR) is 50.0 cm³/mol. The Labute approximate surface area is 76.5 Å². The first-order valence-electron chi connectivity index (χ1n) is 4.06. The van der Waals surface area contributed by atoms with Crippen LogP contribution in [0.15, 0.2) is 36.9 Å². The Hall–Kier alpha value is -1.77. The van der Waals surface area contributed by atoms with E-state index in [1.54, 1.807) is 18.7 Å². The highest BCUT2D eigenvalue weighted by atomic mass is 14.8. The van der Waals surface area contributed by atoms with E-state index in [1.807, 2.05) is 25.1 Å². The second-order valence-corrected chi connectivity index (χ2v) is 2.73. The van der Waals surface area contributed by atoms with Crippen LogP contribution in [0.4, 0.5) is 0 Å². The highest BCUT2D eigenvalue weighted by Gasteiger charge is 2.01. The van der Waals surface area contributed by atoms with Gasteiger partial charge in [0.05, 0.1) is 5.69 Å². The van der Waals surface area contributed by atoms with Crippen molar-refractivity contribution in [3.05, 3.63) is 42.6 Å². The fourth-order valence-electron chi connectivity index (χ4n) is 1.20. The molecule has 0 spiro atoms. The van der Waals surface area contributed by atoms with Gasteiger partial charge in [-0.2, -0.15) is 0 Å². The lowest BCUT2D eigenvalue weighted by Crippen LogP contribution is -1.89. The minimum absolute atomic E-state index is 0.917. The lowest BCUT2D eigenvalue weighted by molar-refractivity contribution is 1.14. The molecule has 0 bridgehead atoms. The van der Waals surface area contributed by atoms with Crippen LogP contribution in [-0.2, 0) is 0 Å². The van der Waals surface area contributed by atoms with Crippen molar-refractivity contribution >= 4 is 0 Å². The molecule has 0 radical (unpaired) electrons. The van der Waals surface area contributed by atoms with Gasteiger partial charge in [0.2, 0.25) is 0 Å². The van der Waals surface area contributed by atoms with Gasteiger partial charge in [-0.15, -0.1) is 0 Å². The molecule has 0 saturated carbocycles. The SMILES string of the molecule is Cc1ncccc1-c1ccncn1. The van der Waals surface area contributed by atoms with Gasteiger partial charge in [-0.05, 0) is 25.1 Å². The third-order valence-corrected chi connectivity index (χ3v) is 1.86. The maximum absolute atomic E-state index is 4.20. The summed E-state index contributed by atoms with van der Waals surface area (Å²) in [6.07, 6.45) is 5.05. The van der Waals surface area contributed by atoms with E-state index in [0.29, 0.717) is 0 Å². The average Bonchev–Trinajstić information content (AvgIpc) is 2.20. The smallest absolute Gasteiger partial charge is 0.116 e. The summed E-state index contributed by atoms with van der Waals surface area (Å²) in [5.74, 6) is 0. The maximum Gasteiger partial charge on any atom is 0.116 e. The van der Waals surface area contributed by atoms with Crippen molar-refractivity contribution in [3.8, 4) is 11.3 Å². The minimum Gasteiger partial charge on any atom is -0.261 e. The lowest BCUT2D eigenvalue weighted by Gasteiger charge is -2.01. The fraction of sp³-hybridized carbons (Fsp3) is 0.100. The number of hydrogen-bond acceptors (Lipinski definition) is 3. The summed E-state index contributed by atoms with van der Waals surface area (Å²) in [6, 6.07) is 5.79. The van der Waals surface area contributed by atoms with Crippen molar-refractivity contribution in [3.63, 3.8) is 0 Å². The van der Waals surface area contributed by atoms with Crippen LogP contribution in [-0.4, -0.2) is 15.0 Å². The van der Waals surface area contributed by atoms with E-state index in [-0.39, 0.29) is 0 Å². The van der Waals surface area contributed by atoms with E-state index >= 15 is 0 Å². The third kappa shape index (κ3) is 1.54. The van der Waals surface area contributed by atoms with E-state index in [2.05, 4.69) is 15.0 Å². The van der Waals surface area contributed by atoms with Gasteiger partial charge in [-0.25, -0.2) is 9.97 Å². The second-order valence-electron chi connectivity index (χ2n) is 2.73. The van der Waals surface area contributed by atoms with Crippen LogP contribution in [0.5, 0.6) is 0 Å². The topological polar surface area (TPSA) is 38.7 Å². The molecule has 0 unspecified atom stereocenters. The molecule has 0 saturated heterocycles. The molecule has 2 aromatic rings. The summed E-state index contributed by atoms with van der Waals surface area (Å²) in [4.78, 5) is 12.2. The Morgan fingerprint density at radius 1 is 1.08 bits per heavy atom. The zero-order valence-corrected chi connectivity index (χ0v) is 7.31. The standard InChI is InChI=1S/C10H9N3/c1-8-9(3-2-5-12-8)10-4-6-11-7-13-10/h2-7H,1H3. The van der Waals surface area contributed by atoms with Crippen LogP contribution >= 0.6 is 0 Å². The van der Waals surface area contributed by atoms with E-state index in [4.69, 9.17) is 0 Å². The Balaban J connectivity index is 2.54. The first kappa shape index (κ1) is 7.86. The molecule has 0 aliphatic carbocycles. The van der Waals surface area contributed by atoms with Gasteiger partial charge in [0.15, 0.2) is 0 Å². The Morgan fingerprint density at radius 3 is 2.69 bits per heavy atom. The Kier molecular flexibility index (Phi) is 2.00. The predicted octanol–water partition coefficient (Wildman–Crippen LogP) is 1.85. The number of aryl methyl sites for hydroxylation is 1.